The minimum Gasteiger partial charge on any atom is -0.456 e. The van der Waals surface area contributed by atoms with Gasteiger partial charge in [0.05, 0.1) is 21.9 Å². The van der Waals surface area contributed by atoms with Gasteiger partial charge in [0.2, 0.25) is 0 Å². The summed E-state index contributed by atoms with van der Waals surface area (Å²) in [5.74, 6) is 0.138. The Bertz CT molecular complexity index is 1510. The third-order valence-corrected chi connectivity index (χ3v) is 6.49. The molecular weight excluding hydrogens is 476 g/mol. The van der Waals surface area contributed by atoms with Crippen molar-refractivity contribution in [1.29, 1.82) is 0 Å². The lowest BCUT2D eigenvalue weighted by molar-refractivity contribution is -0.384. The summed E-state index contributed by atoms with van der Waals surface area (Å²) in [5.41, 5.74) is 0.917. The lowest BCUT2D eigenvalue weighted by Crippen LogP contribution is -2.27. The Kier molecular flexibility index (Phi) is 5.69. The summed E-state index contributed by atoms with van der Waals surface area (Å²) in [6.07, 6.45) is 1.47. The van der Waals surface area contributed by atoms with Gasteiger partial charge in [-0.15, -0.1) is 0 Å². The SMILES string of the molecule is O=C1S/C(=C\c2ccc(-c3ccc(Cl)cc3[N+](=O)[O-])o2)C(=O)N1Cc1ccc2ccccc2c1. The van der Waals surface area contributed by atoms with E-state index in [0.717, 1.165) is 28.1 Å². The third kappa shape index (κ3) is 4.21. The van der Waals surface area contributed by atoms with Crippen molar-refractivity contribution in [2.75, 3.05) is 0 Å². The highest BCUT2D eigenvalue weighted by molar-refractivity contribution is 8.18. The van der Waals surface area contributed by atoms with Crippen LogP contribution in [0.1, 0.15) is 11.3 Å². The summed E-state index contributed by atoms with van der Waals surface area (Å²) < 4.78 is 5.73. The van der Waals surface area contributed by atoms with Crippen LogP contribution in [0.15, 0.2) is 82.1 Å². The fraction of sp³-hybridized carbons (Fsp3) is 0.0400. The first-order chi connectivity index (χ1) is 16.4. The van der Waals surface area contributed by atoms with Crippen LogP contribution in [0, 0.1) is 10.1 Å². The van der Waals surface area contributed by atoms with Gasteiger partial charge in [-0.1, -0.05) is 48.0 Å². The van der Waals surface area contributed by atoms with E-state index in [-0.39, 0.29) is 38.7 Å². The number of amides is 2. The number of nitrogens with zero attached hydrogens (tertiary/aromatic N) is 2. The second-order valence-electron chi connectivity index (χ2n) is 7.57. The number of carbonyl (C=O) groups excluding carboxylic acids is 2. The van der Waals surface area contributed by atoms with E-state index in [0.29, 0.717) is 5.76 Å². The normalized spacial score (nSPS) is 15.0. The molecule has 0 aliphatic carbocycles. The molecule has 7 nitrogen and oxygen atoms in total. The van der Waals surface area contributed by atoms with Crippen molar-refractivity contribution in [2.24, 2.45) is 0 Å². The molecule has 5 rings (SSSR count). The van der Waals surface area contributed by atoms with Crippen LogP contribution < -0.4 is 0 Å². The second kappa shape index (κ2) is 8.81. The lowest BCUT2D eigenvalue weighted by Gasteiger charge is -2.13. The van der Waals surface area contributed by atoms with Crippen LogP contribution in [-0.2, 0) is 11.3 Å². The van der Waals surface area contributed by atoms with Crippen molar-refractivity contribution in [3.63, 3.8) is 0 Å². The molecule has 1 aliphatic rings. The Morgan fingerprint density at radius 1 is 1.00 bits per heavy atom. The van der Waals surface area contributed by atoms with Crippen LogP contribution >= 0.6 is 23.4 Å². The molecule has 3 aromatic carbocycles. The second-order valence-corrected chi connectivity index (χ2v) is 9.00. The number of nitro benzene ring substituents is 1. The Hall–Kier alpha value is -3.88. The van der Waals surface area contributed by atoms with Crippen LogP contribution in [0.3, 0.4) is 0 Å². The summed E-state index contributed by atoms with van der Waals surface area (Å²) in [6.45, 7) is 0.160. The molecule has 1 saturated heterocycles. The Balaban J connectivity index is 1.38. The molecule has 9 heteroatoms. The van der Waals surface area contributed by atoms with Crippen LogP contribution in [0.2, 0.25) is 5.02 Å². The van der Waals surface area contributed by atoms with Crippen molar-refractivity contribution in [1.82, 2.24) is 4.90 Å². The average Bonchev–Trinajstić information content (AvgIpc) is 3.39. The van der Waals surface area contributed by atoms with Crippen LogP contribution in [0.25, 0.3) is 28.2 Å². The summed E-state index contributed by atoms with van der Waals surface area (Å²) in [7, 11) is 0. The maximum atomic E-state index is 12.9. The number of rotatable bonds is 5. The van der Waals surface area contributed by atoms with Gasteiger partial charge in [-0.25, -0.2) is 0 Å². The molecule has 168 valence electrons. The van der Waals surface area contributed by atoms with Crippen molar-refractivity contribution in [3.05, 3.63) is 104 Å². The highest BCUT2D eigenvalue weighted by atomic mass is 35.5. The zero-order chi connectivity index (χ0) is 23.8. The van der Waals surface area contributed by atoms with Gasteiger partial charge in [0, 0.05) is 17.2 Å². The molecule has 0 atom stereocenters. The molecule has 4 aromatic rings. The predicted octanol–water partition coefficient (Wildman–Crippen LogP) is 6.90. The number of hydrogen-bond acceptors (Lipinski definition) is 6. The van der Waals surface area contributed by atoms with Crippen LogP contribution in [-0.4, -0.2) is 21.0 Å². The summed E-state index contributed by atoms with van der Waals surface area (Å²) in [5, 5.41) is 13.3. The number of nitro groups is 1. The van der Waals surface area contributed by atoms with E-state index in [4.69, 9.17) is 16.0 Å². The van der Waals surface area contributed by atoms with Crippen molar-refractivity contribution >= 4 is 57.0 Å². The topological polar surface area (TPSA) is 93.7 Å². The highest BCUT2D eigenvalue weighted by Gasteiger charge is 2.35. The van der Waals surface area contributed by atoms with E-state index in [1.807, 2.05) is 42.5 Å². The van der Waals surface area contributed by atoms with Gasteiger partial charge in [-0.2, -0.15) is 0 Å². The van der Waals surface area contributed by atoms with Gasteiger partial charge >= 0.3 is 0 Å². The van der Waals surface area contributed by atoms with E-state index in [9.17, 15) is 19.7 Å². The fourth-order valence-electron chi connectivity index (χ4n) is 3.72. The lowest BCUT2D eigenvalue weighted by atomic mass is 10.1. The molecule has 1 aliphatic heterocycles. The van der Waals surface area contributed by atoms with Crippen molar-refractivity contribution < 1.29 is 18.9 Å². The smallest absolute Gasteiger partial charge is 0.293 e. The van der Waals surface area contributed by atoms with Gasteiger partial charge in [0.1, 0.15) is 11.5 Å². The molecular formula is C25H15ClN2O5S. The average molecular weight is 491 g/mol. The molecule has 0 unspecified atom stereocenters. The summed E-state index contributed by atoms with van der Waals surface area (Å²) in [6, 6.07) is 21.1. The first kappa shape index (κ1) is 21.9. The maximum absolute atomic E-state index is 12.9. The zero-order valence-electron chi connectivity index (χ0n) is 17.4. The number of thioether (sulfide) groups is 1. The van der Waals surface area contributed by atoms with Crippen molar-refractivity contribution in [3.8, 4) is 11.3 Å². The van der Waals surface area contributed by atoms with Crippen molar-refractivity contribution in [2.45, 2.75) is 6.54 Å². The van der Waals surface area contributed by atoms with E-state index >= 15 is 0 Å². The van der Waals surface area contributed by atoms with Gasteiger partial charge in [0.15, 0.2) is 0 Å². The monoisotopic (exact) mass is 490 g/mol. The Labute approximate surface area is 202 Å². The molecule has 1 fully saturated rings. The van der Waals surface area contributed by atoms with Gasteiger partial charge in [-0.05, 0) is 58.4 Å². The molecule has 0 bridgehead atoms. The van der Waals surface area contributed by atoms with E-state index in [1.165, 1.54) is 29.2 Å². The molecule has 2 amide bonds. The number of carbonyl (C=O) groups is 2. The van der Waals surface area contributed by atoms with Gasteiger partial charge in [0.25, 0.3) is 16.8 Å². The molecule has 0 spiro atoms. The number of furan rings is 1. The number of benzene rings is 3. The predicted molar refractivity (Wildman–Crippen MR) is 131 cm³/mol. The molecule has 0 radical (unpaired) electrons. The zero-order valence-corrected chi connectivity index (χ0v) is 19.0. The van der Waals surface area contributed by atoms with Crippen LogP contribution in [0.5, 0.6) is 0 Å². The Morgan fingerprint density at radius 3 is 2.59 bits per heavy atom. The van der Waals surface area contributed by atoms with Gasteiger partial charge < -0.3 is 4.42 Å². The number of halogens is 1. The number of fused-ring (bicyclic) bond motifs is 1. The maximum Gasteiger partial charge on any atom is 0.293 e. The molecule has 0 N–H and O–H groups in total. The van der Waals surface area contributed by atoms with E-state index < -0.39 is 10.8 Å². The Morgan fingerprint density at radius 2 is 1.79 bits per heavy atom. The van der Waals surface area contributed by atoms with E-state index in [2.05, 4.69) is 0 Å². The first-order valence-electron chi connectivity index (χ1n) is 10.2. The first-order valence-corrected chi connectivity index (χ1v) is 11.4. The fourth-order valence-corrected chi connectivity index (χ4v) is 4.71. The van der Waals surface area contributed by atoms with Crippen LogP contribution in [0.4, 0.5) is 10.5 Å². The minimum atomic E-state index is -0.540. The molecule has 0 saturated carbocycles. The summed E-state index contributed by atoms with van der Waals surface area (Å²) in [4.78, 5) is 37.7. The van der Waals surface area contributed by atoms with Gasteiger partial charge in [-0.3, -0.25) is 24.6 Å². The summed E-state index contributed by atoms with van der Waals surface area (Å²) >= 11 is 6.70. The number of hydrogen-bond donors (Lipinski definition) is 0. The quantitative estimate of drug-likeness (QED) is 0.171. The molecule has 1 aromatic heterocycles. The molecule has 34 heavy (non-hydrogen) atoms. The highest BCUT2D eigenvalue weighted by Crippen LogP contribution is 2.36. The number of imide groups is 1. The third-order valence-electron chi connectivity index (χ3n) is 5.35. The van der Waals surface area contributed by atoms with E-state index in [1.54, 1.807) is 12.1 Å². The minimum absolute atomic E-state index is 0.160. The largest absolute Gasteiger partial charge is 0.456 e. The molecule has 2 heterocycles. The standard InChI is InChI=1S/C25H15ClN2O5S/c26-18-7-9-20(21(12-18)28(31)32)22-10-8-19(33-22)13-23-24(29)27(25(30)34-23)14-15-5-6-16-3-1-2-4-17(16)11-15/h1-13H,14H2/b23-13-.